The van der Waals surface area contributed by atoms with E-state index in [1.54, 1.807) is 29.3 Å². The molecule has 0 spiro atoms. The second-order valence-electron chi connectivity index (χ2n) is 18.8. The van der Waals surface area contributed by atoms with Crippen LogP contribution in [-0.4, -0.2) is 102 Å². The Bertz CT molecular complexity index is 2490. The monoisotopic (exact) mass is 840 g/mol. The van der Waals surface area contributed by atoms with Gasteiger partial charge in [-0.2, -0.15) is 0 Å². The molecule has 4 fully saturated rings. The third-order valence-corrected chi connectivity index (χ3v) is 14.1. The number of hydrogen-bond donors (Lipinski definition) is 2. The van der Waals surface area contributed by atoms with Crippen molar-refractivity contribution in [2.45, 2.75) is 78.1 Å². The molecule has 2 N–H and O–H groups in total. The standard InChI is InChI=1S/C48H53FN8O5/c1-47(2)45(48(3,4)46(47)62-39-14-11-36(50-5)41-34(39)7-6-18-51-41)53-42(59)30-8-12-37(35(49)26-30)56-19-16-29(17-20-56)27-54-21-23-55(24-22-54)32-9-10-33-31(25-32)28-57(44(33)61)38-13-15-40(58)52-43(38)60/h6-12,14,18,25-26,29,38,45-46H,13,15-17,19-24,27-28H2,1-4H3,(H,53,59)(H,52,58,60). The van der Waals surface area contributed by atoms with Crippen LogP contribution in [0.5, 0.6) is 5.75 Å². The number of ether oxygens (including phenoxy) is 1. The molecular weight excluding hydrogens is 788 g/mol. The average Bonchev–Trinajstić information content (AvgIpc) is 3.59. The van der Waals surface area contributed by atoms with Crippen LogP contribution in [-0.2, 0) is 16.1 Å². The van der Waals surface area contributed by atoms with Crippen molar-refractivity contribution in [1.82, 2.24) is 25.4 Å². The molecule has 1 saturated carbocycles. The predicted octanol–water partition coefficient (Wildman–Crippen LogP) is 6.34. The summed E-state index contributed by atoms with van der Waals surface area (Å²) in [4.78, 5) is 67.5. The summed E-state index contributed by atoms with van der Waals surface area (Å²) in [7, 11) is 0. The highest BCUT2D eigenvalue weighted by Crippen LogP contribution is 2.56. The minimum Gasteiger partial charge on any atom is -0.489 e. The third-order valence-electron chi connectivity index (χ3n) is 14.1. The second kappa shape index (κ2) is 16.0. The maximum absolute atomic E-state index is 15.8. The van der Waals surface area contributed by atoms with E-state index in [1.165, 1.54) is 6.07 Å². The van der Waals surface area contributed by atoms with Crippen LogP contribution in [0.3, 0.4) is 0 Å². The lowest BCUT2D eigenvalue weighted by Gasteiger charge is -2.63. The summed E-state index contributed by atoms with van der Waals surface area (Å²) in [5, 5.41) is 6.34. The fourth-order valence-electron chi connectivity index (χ4n) is 11.0. The highest BCUT2D eigenvalue weighted by atomic mass is 19.1. The van der Waals surface area contributed by atoms with Gasteiger partial charge in [-0.25, -0.2) is 9.24 Å². The quantitative estimate of drug-likeness (QED) is 0.147. The molecule has 4 amide bonds. The smallest absolute Gasteiger partial charge is 0.255 e. The number of piperidine rings is 2. The van der Waals surface area contributed by atoms with Crippen LogP contribution in [0.2, 0.25) is 0 Å². The number of amides is 4. The molecule has 3 saturated heterocycles. The first kappa shape index (κ1) is 41.3. The van der Waals surface area contributed by atoms with Gasteiger partial charge in [0.2, 0.25) is 17.5 Å². The lowest BCUT2D eigenvalue weighted by molar-refractivity contribution is -0.163. The number of halogens is 1. The zero-order valence-corrected chi connectivity index (χ0v) is 35.7. The van der Waals surface area contributed by atoms with Crippen molar-refractivity contribution in [1.29, 1.82) is 0 Å². The number of nitrogens with one attached hydrogen (secondary N) is 2. The number of fused-ring (bicyclic) bond motifs is 2. The first-order chi connectivity index (χ1) is 29.7. The van der Waals surface area contributed by atoms with Crippen LogP contribution >= 0.6 is 0 Å². The lowest BCUT2D eigenvalue weighted by Crippen LogP contribution is -2.74. The molecule has 1 aliphatic carbocycles. The third kappa shape index (κ3) is 7.40. The molecular formula is C48H53FN8O5. The number of hydrogen-bond acceptors (Lipinski definition) is 9. The van der Waals surface area contributed by atoms with Crippen LogP contribution in [0.4, 0.5) is 21.5 Å². The number of piperazine rings is 1. The molecule has 1 aromatic heterocycles. The summed E-state index contributed by atoms with van der Waals surface area (Å²) in [6, 6.07) is 17.2. The Morgan fingerprint density at radius 1 is 0.935 bits per heavy atom. The summed E-state index contributed by atoms with van der Waals surface area (Å²) in [6.45, 7) is 22.2. The number of imide groups is 1. The minimum atomic E-state index is -0.622. The average molecular weight is 841 g/mol. The number of carbonyl (C=O) groups excluding carboxylic acids is 4. The van der Waals surface area contributed by atoms with E-state index >= 15 is 4.39 Å². The van der Waals surface area contributed by atoms with Gasteiger partial charge in [-0.3, -0.25) is 34.4 Å². The minimum absolute atomic E-state index is 0.159. The van der Waals surface area contributed by atoms with Crippen molar-refractivity contribution in [3.8, 4) is 5.75 Å². The molecule has 0 radical (unpaired) electrons. The van der Waals surface area contributed by atoms with Gasteiger partial charge < -0.3 is 24.8 Å². The van der Waals surface area contributed by atoms with Crippen molar-refractivity contribution < 1.29 is 28.3 Å². The number of rotatable bonds is 9. The Morgan fingerprint density at radius 3 is 2.40 bits per heavy atom. The summed E-state index contributed by atoms with van der Waals surface area (Å²) in [6.07, 6.45) is 3.91. The Hall–Kier alpha value is -6.07. The number of benzene rings is 3. The SMILES string of the molecule is [C-]#[N+]c1ccc(OC2C(C)(C)C(NC(=O)c3ccc(N4CCC(CN5CCN(c6ccc7c(c6)CN(C6CCC(=O)NC6=O)C7=O)CC5)CC4)c(F)c3)C2(C)C)c2cccnc12. The van der Waals surface area contributed by atoms with Crippen LogP contribution in [0.15, 0.2) is 66.9 Å². The van der Waals surface area contributed by atoms with Crippen LogP contribution < -0.4 is 25.2 Å². The highest BCUT2D eigenvalue weighted by molar-refractivity contribution is 6.05. The van der Waals surface area contributed by atoms with Gasteiger partial charge in [0.1, 0.15) is 23.7 Å². The Balaban J connectivity index is 0.748. The van der Waals surface area contributed by atoms with Crippen molar-refractivity contribution in [3.05, 3.63) is 101 Å². The summed E-state index contributed by atoms with van der Waals surface area (Å²) >= 11 is 0. The first-order valence-corrected chi connectivity index (χ1v) is 21.7. The lowest BCUT2D eigenvalue weighted by atomic mass is 9.49. The molecule has 9 rings (SSSR count). The molecule has 4 aliphatic heterocycles. The summed E-state index contributed by atoms with van der Waals surface area (Å²) < 4.78 is 22.4. The van der Waals surface area contributed by atoms with Gasteiger partial charge in [0.15, 0.2) is 0 Å². The Morgan fingerprint density at radius 2 is 1.69 bits per heavy atom. The van der Waals surface area contributed by atoms with Crippen LogP contribution in [0, 0.1) is 29.1 Å². The van der Waals surface area contributed by atoms with E-state index in [-0.39, 0.29) is 41.9 Å². The molecule has 5 aliphatic rings. The van der Waals surface area contributed by atoms with Crippen molar-refractivity contribution in [3.63, 3.8) is 0 Å². The van der Waals surface area contributed by atoms with Gasteiger partial charge >= 0.3 is 0 Å². The van der Waals surface area contributed by atoms with Gasteiger partial charge in [-0.1, -0.05) is 33.8 Å². The zero-order valence-electron chi connectivity index (χ0n) is 35.7. The van der Waals surface area contributed by atoms with E-state index in [1.807, 2.05) is 30.3 Å². The van der Waals surface area contributed by atoms with Gasteiger partial charge in [-0.15, -0.1) is 0 Å². The van der Waals surface area contributed by atoms with Gasteiger partial charge in [0.25, 0.3) is 11.8 Å². The van der Waals surface area contributed by atoms with Crippen molar-refractivity contribution in [2.75, 3.05) is 55.6 Å². The molecule has 3 aromatic carbocycles. The number of pyridine rings is 1. The van der Waals surface area contributed by atoms with Crippen LogP contribution in [0.25, 0.3) is 15.7 Å². The largest absolute Gasteiger partial charge is 0.489 e. The van der Waals surface area contributed by atoms with Crippen LogP contribution in [0.1, 0.15) is 79.7 Å². The normalized spacial score (nSPS) is 23.7. The van der Waals surface area contributed by atoms with Crippen molar-refractivity contribution in [2.24, 2.45) is 16.7 Å². The zero-order chi connectivity index (χ0) is 43.5. The molecule has 4 aromatic rings. The van der Waals surface area contributed by atoms with Gasteiger partial charge in [0, 0.05) is 104 Å². The molecule has 62 heavy (non-hydrogen) atoms. The summed E-state index contributed by atoms with van der Waals surface area (Å²) in [5.41, 5.74) is 3.59. The van der Waals surface area contributed by atoms with E-state index in [0.717, 1.165) is 75.3 Å². The fourth-order valence-corrected chi connectivity index (χ4v) is 11.0. The Labute approximate surface area is 361 Å². The molecule has 14 heteroatoms. The van der Waals surface area contributed by atoms with E-state index in [4.69, 9.17) is 11.3 Å². The second-order valence-corrected chi connectivity index (χ2v) is 18.8. The predicted molar refractivity (Wildman–Crippen MR) is 234 cm³/mol. The molecule has 1 unspecified atom stereocenters. The number of aromatic nitrogens is 1. The molecule has 0 bridgehead atoms. The van der Waals surface area contributed by atoms with Gasteiger partial charge in [0.05, 0.1) is 17.8 Å². The number of anilines is 2. The van der Waals surface area contributed by atoms with E-state index in [2.05, 4.69) is 68.9 Å². The topological polar surface area (TPSA) is 132 Å². The molecule has 322 valence electrons. The van der Waals surface area contributed by atoms with E-state index in [0.29, 0.717) is 47.1 Å². The molecule has 13 nitrogen and oxygen atoms in total. The van der Waals surface area contributed by atoms with E-state index < -0.39 is 28.6 Å². The number of carbonyl (C=O) groups is 4. The first-order valence-electron chi connectivity index (χ1n) is 21.7. The fraction of sp³-hybridized carbons (Fsp3) is 0.458. The van der Waals surface area contributed by atoms with Gasteiger partial charge in [-0.05, 0) is 85.3 Å². The Kier molecular flexibility index (Phi) is 10.7. The maximum atomic E-state index is 15.8. The maximum Gasteiger partial charge on any atom is 0.255 e. The highest BCUT2D eigenvalue weighted by Gasteiger charge is 2.64. The molecule has 1 atom stereocenters. The molecule has 5 heterocycles. The van der Waals surface area contributed by atoms with Crippen molar-refractivity contribution >= 4 is 51.6 Å². The number of nitrogens with zero attached hydrogens (tertiary/aromatic N) is 6. The van der Waals surface area contributed by atoms with E-state index in [9.17, 15) is 19.2 Å². The summed E-state index contributed by atoms with van der Waals surface area (Å²) in [5.74, 6) is -0.421.